The number of amides is 1. The molecule has 0 radical (unpaired) electrons. The van der Waals surface area contributed by atoms with Gasteiger partial charge in [0.15, 0.2) is 23.0 Å². The summed E-state index contributed by atoms with van der Waals surface area (Å²) in [4.78, 5) is 19.8. The lowest BCUT2D eigenvalue weighted by atomic mass is 9.89. The second-order valence-electron chi connectivity index (χ2n) is 9.01. The Morgan fingerprint density at radius 1 is 1.03 bits per heavy atom. The summed E-state index contributed by atoms with van der Waals surface area (Å²) in [5, 5.41) is 14.1. The molecule has 1 fully saturated rings. The zero-order valence-electron chi connectivity index (χ0n) is 19.4. The van der Waals surface area contributed by atoms with Gasteiger partial charge in [0.1, 0.15) is 5.82 Å². The van der Waals surface area contributed by atoms with Gasteiger partial charge in [-0.3, -0.25) is 9.89 Å². The molecule has 0 spiro atoms. The maximum absolute atomic E-state index is 12.9. The number of carbonyl (C=O) groups excluding carboxylic acids is 1. The molecule has 9 heteroatoms. The Morgan fingerprint density at radius 3 is 2.66 bits per heavy atom. The van der Waals surface area contributed by atoms with Crippen molar-refractivity contribution < 1.29 is 14.3 Å². The molecule has 2 aromatic carbocycles. The Balaban J connectivity index is 1.13. The first-order valence-electron chi connectivity index (χ1n) is 11.7. The van der Waals surface area contributed by atoms with E-state index < -0.39 is 0 Å². The molecule has 1 saturated heterocycles. The van der Waals surface area contributed by atoms with E-state index in [9.17, 15) is 4.79 Å². The number of benzene rings is 2. The van der Waals surface area contributed by atoms with Gasteiger partial charge in [-0.05, 0) is 80.9 Å². The molecule has 0 saturated carbocycles. The molecule has 0 unspecified atom stereocenters. The normalized spacial score (nSPS) is 15.9. The highest BCUT2D eigenvalue weighted by Gasteiger charge is 2.19. The second-order valence-corrected chi connectivity index (χ2v) is 9.01. The van der Waals surface area contributed by atoms with E-state index in [4.69, 9.17) is 9.47 Å². The zero-order chi connectivity index (χ0) is 23.8. The van der Waals surface area contributed by atoms with Crippen LogP contribution < -0.4 is 20.1 Å². The molecule has 0 aliphatic carbocycles. The van der Waals surface area contributed by atoms with E-state index >= 15 is 0 Å². The van der Waals surface area contributed by atoms with Crippen LogP contribution in [0.4, 0.5) is 17.3 Å². The Morgan fingerprint density at radius 2 is 1.83 bits per heavy atom. The number of hydrogen-bond acceptors (Lipinski definition) is 7. The summed E-state index contributed by atoms with van der Waals surface area (Å²) in [6.45, 7) is 2.45. The Bertz CT molecular complexity index is 1380. The van der Waals surface area contributed by atoms with Crippen molar-refractivity contribution in [3.05, 3.63) is 65.7 Å². The number of aromatic nitrogens is 3. The fourth-order valence-corrected chi connectivity index (χ4v) is 4.62. The Labute approximate surface area is 202 Å². The van der Waals surface area contributed by atoms with Gasteiger partial charge in [-0.1, -0.05) is 12.1 Å². The third-order valence-electron chi connectivity index (χ3n) is 6.66. The smallest absolute Gasteiger partial charge is 0.256 e. The van der Waals surface area contributed by atoms with E-state index in [2.05, 4.69) is 49.9 Å². The van der Waals surface area contributed by atoms with E-state index in [1.54, 1.807) is 0 Å². The number of likely N-dealkylation sites (tertiary alicyclic amines) is 1. The number of pyridine rings is 1. The highest BCUT2D eigenvalue weighted by Crippen LogP contribution is 2.35. The lowest BCUT2D eigenvalue weighted by Gasteiger charge is -2.29. The molecule has 1 amide bonds. The van der Waals surface area contributed by atoms with Crippen LogP contribution in [0.15, 0.2) is 54.6 Å². The number of anilines is 3. The van der Waals surface area contributed by atoms with Crippen molar-refractivity contribution in [1.82, 2.24) is 20.1 Å². The average molecular weight is 471 g/mol. The molecule has 2 aliphatic heterocycles. The van der Waals surface area contributed by atoms with Gasteiger partial charge in [-0.2, -0.15) is 5.10 Å². The number of ether oxygens (including phenoxy) is 2. The van der Waals surface area contributed by atoms with E-state index in [1.807, 2.05) is 42.5 Å². The molecule has 35 heavy (non-hydrogen) atoms. The third-order valence-corrected chi connectivity index (χ3v) is 6.66. The summed E-state index contributed by atoms with van der Waals surface area (Å²) in [6, 6.07) is 17.3. The van der Waals surface area contributed by atoms with Crippen LogP contribution in [0.3, 0.4) is 0 Å². The molecule has 2 aliphatic rings. The van der Waals surface area contributed by atoms with Crippen LogP contribution in [0, 0.1) is 0 Å². The number of nitrogens with zero attached hydrogens (tertiary/aromatic N) is 3. The standard InChI is InChI=1S/C26H26N6O3/c1-32-12-10-17(11-13-32)16-2-4-18(5-3-16)26(33)29-25-20-7-9-23(28-24(20)30-31-25)27-19-6-8-21-22(14-19)35-15-34-21/h2-9,14,17H,10-13,15H2,1H3,(H3,27,28,29,30,31,33). The molecule has 0 atom stereocenters. The fourth-order valence-electron chi connectivity index (χ4n) is 4.62. The maximum Gasteiger partial charge on any atom is 0.256 e. The summed E-state index contributed by atoms with van der Waals surface area (Å²) in [5.74, 6) is 2.88. The fraction of sp³-hybridized carbons (Fsp3) is 0.269. The summed E-state index contributed by atoms with van der Waals surface area (Å²) in [5.41, 5.74) is 3.31. The molecule has 3 N–H and O–H groups in total. The van der Waals surface area contributed by atoms with E-state index in [0.717, 1.165) is 42.8 Å². The maximum atomic E-state index is 12.9. The van der Waals surface area contributed by atoms with Crippen LogP contribution in [0.25, 0.3) is 11.0 Å². The van der Waals surface area contributed by atoms with Crippen molar-refractivity contribution >= 4 is 34.3 Å². The minimum Gasteiger partial charge on any atom is -0.454 e. The van der Waals surface area contributed by atoms with E-state index in [-0.39, 0.29) is 12.7 Å². The van der Waals surface area contributed by atoms with Crippen LogP contribution in [-0.4, -0.2) is 52.9 Å². The minimum atomic E-state index is -0.198. The molecular weight excluding hydrogens is 444 g/mol. The topological polar surface area (TPSA) is 104 Å². The van der Waals surface area contributed by atoms with Gasteiger partial charge in [0, 0.05) is 17.3 Å². The number of aromatic amines is 1. The predicted molar refractivity (Wildman–Crippen MR) is 134 cm³/mol. The number of nitrogens with one attached hydrogen (secondary N) is 3. The van der Waals surface area contributed by atoms with Gasteiger partial charge in [-0.15, -0.1) is 0 Å². The van der Waals surface area contributed by atoms with E-state index in [0.29, 0.717) is 34.5 Å². The van der Waals surface area contributed by atoms with Gasteiger partial charge in [0.05, 0.1) is 5.39 Å². The van der Waals surface area contributed by atoms with Gasteiger partial charge in [0.25, 0.3) is 5.91 Å². The number of carbonyl (C=O) groups is 1. The summed E-state index contributed by atoms with van der Waals surface area (Å²) in [6.07, 6.45) is 2.31. The number of piperidine rings is 1. The molecule has 4 heterocycles. The quantitative estimate of drug-likeness (QED) is 0.395. The second kappa shape index (κ2) is 8.92. The molecule has 9 nitrogen and oxygen atoms in total. The van der Waals surface area contributed by atoms with Gasteiger partial charge in [0.2, 0.25) is 6.79 Å². The number of rotatable bonds is 5. The first-order valence-corrected chi connectivity index (χ1v) is 11.7. The van der Waals surface area contributed by atoms with E-state index in [1.165, 1.54) is 5.56 Å². The molecule has 178 valence electrons. The van der Waals surface area contributed by atoms with Gasteiger partial charge in [-0.25, -0.2) is 4.98 Å². The van der Waals surface area contributed by atoms with Crippen molar-refractivity contribution in [2.75, 3.05) is 37.6 Å². The predicted octanol–water partition coefficient (Wildman–Crippen LogP) is 4.49. The SMILES string of the molecule is CN1CCC(c2ccc(C(=O)Nc3n[nH]c4nc(Nc5ccc6c(c5)OCO6)ccc34)cc2)CC1. The van der Waals surface area contributed by atoms with Crippen molar-refractivity contribution in [3.8, 4) is 11.5 Å². The molecule has 2 aromatic heterocycles. The lowest BCUT2D eigenvalue weighted by molar-refractivity contribution is 0.102. The monoisotopic (exact) mass is 470 g/mol. The number of fused-ring (bicyclic) bond motifs is 2. The Kier molecular flexibility index (Phi) is 5.46. The van der Waals surface area contributed by atoms with Crippen molar-refractivity contribution in [1.29, 1.82) is 0 Å². The molecule has 4 aromatic rings. The van der Waals surface area contributed by atoms with Crippen LogP contribution in [0.2, 0.25) is 0 Å². The Hall–Kier alpha value is -4.11. The highest BCUT2D eigenvalue weighted by atomic mass is 16.7. The molecular formula is C26H26N6O3. The van der Waals surface area contributed by atoms with Gasteiger partial charge < -0.3 is 25.0 Å². The lowest BCUT2D eigenvalue weighted by Crippen LogP contribution is -2.29. The number of hydrogen-bond donors (Lipinski definition) is 3. The summed E-state index contributed by atoms with van der Waals surface area (Å²) >= 11 is 0. The summed E-state index contributed by atoms with van der Waals surface area (Å²) < 4.78 is 10.8. The summed E-state index contributed by atoms with van der Waals surface area (Å²) in [7, 11) is 2.16. The van der Waals surface area contributed by atoms with Crippen LogP contribution in [-0.2, 0) is 0 Å². The van der Waals surface area contributed by atoms with Crippen molar-refractivity contribution in [2.45, 2.75) is 18.8 Å². The van der Waals surface area contributed by atoms with Gasteiger partial charge >= 0.3 is 0 Å². The van der Waals surface area contributed by atoms with Crippen LogP contribution >= 0.6 is 0 Å². The van der Waals surface area contributed by atoms with Crippen LogP contribution in [0.5, 0.6) is 11.5 Å². The van der Waals surface area contributed by atoms with Crippen LogP contribution in [0.1, 0.15) is 34.7 Å². The largest absolute Gasteiger partial charge is 0.454 e. The average Bonchev–Trinajstić information content (AvgIpc) is 3.51. The first kappa shape index (κ1) is 21.4. The number of H-pyrrole nitrogens is 1. The molecule has 0 bridgehead atoms. The van der Waals surface area contributed by atoms with Crippen molar-refractivity contribution in [2.24, 2.45) is 0 Å². The highest BCUT2D eigenvalue weighted by molar-refractivity contribution is 6.07. The van der Waals surface area contributed by atoms with Crippen molar-refractivity contribution in [3.63, 3.8) is 0 Å². The molecule has 6 rings (SSSR count). The first-order chi connectivity index (χ1) is 17.1. The minimum absolute atomic E-state index is 0.198. The zero-order valence-corrected chi connectivity index (χ0v) is 19.4. The third kappa shape index (κ3) is 4.38.